The highest BCUT2D eigenvalue weighted by Gasteiger charge is 2.23. The van der Waals surface area contributed by atoms with Gasteiger partial charge in [0.05, 0.1) is 24.3 Å². The molecule has 1 aliphatic heterocycles. The Morgan fingerprint density at radius 1 is 1.37 bits per heavy atom. The van der Waals surface area contributed by atoms with Crippen molar-refractivity contribution in [2.45, 2.75) is 26.9 Å². The number of hydrogen-bond donors (Lipinski definition) is 1. The summed E-state index contributed by atoms with van der Waals surface area (Å²) in [5.41, 5.74) is 4.81. The fraction of sp³-hybridized carbons (Fsp3) is 0.333. The zero-order chi connectivity index (χ0) is 13.6. The Kier molecular flexibility index (Phi) is 2.75. The number of carboxylic acid groups (broad SMARTS) is 1. The highest BCUT2D eigenvalue weighted by atomic mass is 16.5. The molecule has 2 aromatic rings. The molecule has 19 heavy (non-hydrogen) atoms. The van der Waals surface area contributed by atoms with Crippen LogP contribution < -0.4 is 0 Å². The number of aryl methyl sites for hydroxylation is 2. The third kappa shape index (κ3) is 1.88. The Labute approximate surface area is 111 Å². The molecule has 0 radical (unpaired) electrons. The van der Waals surface area contributed by atoms with E-state index in [0.29, 0.717) is 30.6 Å². The van der Waals surface area contributed by atoms with Gasteiger partial charge in [0.1, 0.15) is 0 Å². The highest BCUT2D eigenvalue weighted by Crippen LogP contribution is 2.29. The van der Waals surface area contributed by atoms with Crippen LogP contribution in [0.4, 0.5) is 0 Å². The number of aromatic nitrogens is 1. The van der Waals surface area contributed by atoms with Crippen LogP contribution in [-0.4, -0.2) is 22.7 Å². The molecule has 0 unspecified atom stereocenters. The van der Waals surface area contributed by atoms with Crippen molar-refractivity contribution in [3.05, 3.63) is 40.1 Å². The third-order valence-electron chi connectivity index (χ3n) is 3.55. The monoisotopic (exact) mass is 257 g/mol. The molecule has 0 bridgehead atoms. The summed E-state index contributed by atoms with van der Waals surface area (Å²) in [6.07, 6.45) is 0.679. The van der Waals surface area contributed by atoms with Crippen molar-refractivity contribution in [2.24, 2.45) is 0 Å². The second-order valence-electron chi connectivity index (χ2n) is 5.00. The van der Waals surface area contributed by atoms with Gasteiger partial charge in [0.25, 0.3) is 0 Å². The predicted molar refractivity (Wildman–Crippen MR) is 71.5 cm³/mol. The van der Waals surface area contributed by atoms with Gasteiger partial charge in [0.15, 0.2) is 0 Å². The second kappa shape index (κ2) is 4.31. The van der Waals surface area contributed by atoms with Gasteiger partial charge in [-0.15, -0.1) is 0 Å². The number of rotatable bonds is 1. The van der Waals surface area contributed by atoms with E-state index in [1.54, 1.807) is 0 Å². The Balaban J connectivity index is 2.46. The Morgan fingerprint density at radius 2 is 2.16 bits per heavy atom. The molecule has 4 heteroatoms. The molecule has 1 N–H and O–H groups in total. The number of fused-ring (bicyclic) bond motifs is 2. The van der Waals surface area contributed by atoms with Gasteiger partial charge in [0.2, 0.25) is 0 Å². The first-order chi connectivity index (χ1) is 9.08. The zero-order valence-electron chi connectivity index (χ0n) is 11.0. The topological polar surface area (TPSA) is 59.4 Å². The summed E-state index contributed by atoms with van der Waals surface area (Å²) in [7, 11) is 0. The van der Waals surface area contributed by atoms with Crippen LogP contribution in [0.1, 0.15) is 32.7 Å². The summed E-state index contributed by atoms with van der Waals surface area (Å²) in [5.74, 6) is -0.904. The number of pyridine rings is 1. The number of ether oxygens (including phenoxy) is 1. The number of carbonyl (C=O) groups is 1. The predicted octanol–water partition coefficient (Wildman–Crippen LogP) is 2.62. The molecule has 4 nitrogen and oxygen atoms in total. The lowest BCUT2D eigenvalue weighted by Gasteiger charge is -2.20. The van der Waals surface area contributed by atoms with Crippen LogP contribution in [0, 0.1) is 13.8 Å². The van der Waals surface area contributed by atoms with E-state index in [1.165, 1.54) is 0 Å². The van der Waals surface area contributed by atoms with E-state index < -0.39 is 5.97 Å². The maximum Gasteiger partial charge on any atom is 0.336 e. The lowest BCUT2D eigenvalue weighted by atomic mass is 9.95. The lowest BCUT2D eigenvalue weighted by Crippen LogP contribution is -2.17. The molecule has 0 atom stereocenters. The van der Waals surface area contributed by atoms with Crippen LogP contribution in [-0.2, 0) is 17.8 Å². The molecule has 2 heterocycles. The molecule has 0 amide bonds. The van der Waals surface area contributed by atoms with Crippen LogP contribution in [0.15, 0.2) is 12.1 Å². The first kappa shape index (κ1) is 12.1. The van der Waals surface area contributed by atoms with Crippen molar-refractivity contribution >= 4 is 16.9 Å². The van der Waals surface area contributed by atoms with Gasteiger partial charge in [-0.25, -0.2) is 4.79 Å². The maximum absolute atomic E-state index is 11.6. The van der Waals surface area contributed by atoms with Crippen LogP contribution in [0.3, 0.4) is 0 Å². The number of aromatic carboxylic acids is 1. The van der Waals surface area contributed by atoms with Gasteiger partial charge in [-0.1, -0.05) is 11.6 Å². The third-order valence-corrected chi connectivity index (χ3v) is 3.55. The first-order valence-corrected chi connectivity index (χ1v) is 6.31. The minimum atomic E-state index is -0.904. The SMILES string of the molecule is Cc1cc(C)c2nc3c(c(C(=O)O)c2c1)COCC3. The zero-order valence-corrected chi connectivity index (χ0v) is 11.0. The number of carboxylic acids is 1. The number of hydrogen-bond acceptors (Lipinski definition) is 3. The van der Waals surface area contributed by atoms with E-state index in [-0.39, 0.29) is 0 Å². The first-order valence-electron chi connectivity index (χ1n) is 6.31. The Bertz CT molecular complexity index is 692. The van der Waals surface area contributed by atoms with Crippen LogP contribution in [0.25, 0.3) is 10.9 Å². The van der Waals surface area contributed by atoms with E-state index in [2.05, 4.69) is 4.98 Å². The number of benzene rings is 1. The van der Waals surface area contributed by atoms with E-state index in [4.69, 9.17) is 4.74 Å². The maximum atomic E-state index is 11.6. The van der Waals surface area contributed by atoms with Gasteiger partial charge in [-0.3, -0.25) is 4.98 Å². The summed E-state index contributed by atoms with van der Waals surface area (Å²) in [6, 6.07) is 3.93. The van der Waals surface area contributed by atoms with Crippen molar-refractivity contribution in [2.75, 3.05) is 6.61 Å². The molecular weight excluding hydrogens is 242 g/mol. The van der Waals surface area contributed by atoms with Gasteiger partial charge < -0.3 is 9.84 Å². The average molecular weight is 257 g/mol. The Morgan fingerprint density at radius 3 is 2.89 bits per heavy atom. The summed E-state index contributed by atoms with van der Waals surface area (Å²) < 4.78 is 5.39. The van der Waals surface area contributed by atoms with Crippen molar-refractivity contribution in [1.29, 1.82) is 0 Å². The van der Waals surface area contributed by atoms with Gasteiger partial charge in [-0.05, 0) is 25.5 Å². The minimum absolute atomic E-state index is 0.340. The molecule has 0 fully saturated rings. The second-order valence-corrected chi connectivity index (χ2v) is 5.00. The normalized spacial score (nSPS) is 14.4. The molecule has 0 spiro atoms. The van der Waals surface area contributed by atoms with E-state index in [9.17, 15) is 9.90 Å². The molecule has 98 valence electrons. The molecule has 0 aliphatic carbocycles. The van der Waals surface area contributed by atoms with Gasteiger partial charge >= 0.3 is 5.97 Å². The van der Waals surface area contributed by atoms with Crippen molar-refractivity contribution < 1.29 is 14.6 Å². The van der Waals surface area contributed by atoms with E-state index in [1.807, 2.05) is 26.0 Å². The minimum Gasteiger partial charge on any atom is -0.478 e. The summed E-state index contributed by atoms with van der Waals surface area (Å²) in [5, 5.41) is 10.3. The summed E-state index contributed by atoms with van der Waals surface area (Å²) in [6.45, 7) is 4.88. The average Bonchev–Trinajstić information content (AvgIpc) is 2.36. The highest BCUT2D eigenvalue weighted by molar-refractivity contribution is 6.05. The summed E-state index contributed by atoms with van der Waals surface area (Å²) >= 11 is 0. The van der Waals surface area contributed by atoms with E-state index in [0.717, 1.165) is 27.9 Å². The molecule has 0 saturated heterocycles. The van der Waals surface area contributed by atoms with Crippen LogP contribution >= 0.6 is 0 Å². The van der Waals surface area contributed by atoms with E-state index >= 15 is 0 Å². The molecule has 1 aliphatic rings. The van der Waals surface area contributed by atoms with Crippen molar-refractivity contribution in [3.63, 3.8) is 0 Å². The fourth-order valence-corrected chi connectivity index (χ4v) is 2.76. The summed E-state index contributed by atoms with van der Waals surface area (Å²) in [4.78, 5) is 16.3. The van der Waals surface area contributed by atoms with Crippen molar-refractivity contribution in [1.82, 2.24) is 4.98 Å². The lowest BCUT2D eigenvalue weighted by molar-refractivity contribution is 0.0683. The molecular formula is C15H15NO3. The molecule has 1 aromatic carbocycles. The smallest absolute Gasteiger partial charge is 0.336 e. The van der Waals surface area contributed by atoms with Crippen LogP contribution in [0.5, 0.6) is 0 Å². The van der Waals surface area contributed by atoms with Crippen LogP contribution in [0.2, 0.25) is 0 Å². The Hall–Kier alpha value is -1.94. The largest absolute Gasteiger partial charge is 0.478 e. The quantitative estimate of drug-likeness (QED) is 0.853. The molecule has 1 aromatic heterocycles. The number of nitrogens with zero attached hydrogens (tertiary/aromatic N) is 1. The van der Waals surface area contributed by atoms with Crippen molar-refractivity contribution in [3.8, 4) is 0 Å². The molecule has 3 rings (SSSR count). The van der Waals surface area contributed by atoms with Gasteiger partial charge in [-0.2, -0.15) is 0 Å². The standard InChI is InChI=1S/C15H15NO3/c1-8-5-9(2)14-10(6-8)13(15(17)18)11-7-19-4-3-12(11)16-14/h5-6H,3-4,7H2,1-2H3,(H,17,18). The molecule has 0 saturated carbocycles. The van der Waals surface area contributed by atoms with Gasteiger partial charge in [0, 0.05) is 23.1 Å². The fourth-order valence-electron chi connectivity index (χ4n) is 2.76.